The van der Waals surface area contributed by atoms with Gasteiger partial charge in [-0.3, -0.25) is 9.78 Å². The topological polar surface area (TPSA) is 71.8 Å². The molecule has 0 aliphatic rings. The molecule has 2 aromatic heterocycles. The van der Waals surface area contributed by atoms with Gasteiger partial charge >= 0.3 is 0 Å². The van der Waals surface area contributed by atoms with E-state index in [0.717, 1.165) is 33.1 Å². The van der Waals surface area contributed by atoms with Crippen LogP contribution in [0.2, 0.25) is 0 Å². The van der Waals surface area contributed by atoms with Crippen LogP contribution in [0.25, 0.3) is 21.8 Å². The molecule has 24 heavy (non-hydrogen) atoms. The largest absolute Gasteiger partial charge is 0.369 e. The Balaban J connectivity index is 1.76. The summed E-state index contributed by atoms with van der Waals surface area (Å²) < 4.78 is 0. The fourth-order valence-corrected chi connectivity index (χ4v) is 3.21. The number of fused-ring (bicyclic) bond motifs is 3. The lowest BCUT2D eigenvalue weighted by Gasteiger charge is -2.12. The molecule has 0 aliphatic heterocycles. The summed E-state index contributed by atoms with van der Waals surface area (Å²) in [6, 6.07) is 19.8. The van der Waals surface area contributed by atoms with E-state index >= 15 is 0 Å². The van der Waals surface area contributed by atoms with Crippen LogP contribution in [0, 0.1) is 0 Å². The standard InChI is InChI=1S/C20H17N3O/c21-20(24)17(13-5-2-1-3-6-13)12-15-11-14-8-9-18-16(19(14)23-15)7-4-10-22-18/h1-11,17,23H,12H2,(H2,21,24). The zero-order chi connectivity index (χ0) is 16.5. The Morgan fingerprint density at radius 1 is 1.08 bits per heavy atom. The molecule has 0 spiro atoms. The van der Waals surface area contributed by atoms with E-state index in [1.54, 1.807) is 6.20 Å². The molecule has 0 saturated heterocycles. The average molecular weight is 315 g/mol. The molecule has 0 bridgehead atoms. The summed E-state index contributed by atoms with van der Waals surface area (Å²) >= 11 is 0. The molecule has 0 fully saturated rings. The maximum Gasteiger partial charge on any atom is 0.225 e. The number of primary amides is 1. The van der Waals surface area contributed by atoms with Gasteiger partial charge in [-0.2, -0.15) is 0 Å². The smallest absolute Gasteiger partial charge is 0.225 e. The number of rotatable bonds is 4. The van der Waals surface area contributed by atoms with Gasteiger partial charge in [-0.25, -0.2) is 0 Å². The molecular formula is C20H17N3O. The first kappa shape index (κ1) is 14.5. The lowest BCUT2D eigenvalue weighted by atomic mass is 9.94. The summed E-state index contributed by atoms with van der Waals surface area (Å²) in [5.41, 5.74) is 9.57. The number of amides is 1. The van der Waals surface area contributed by atoms with E-state index in [1.165, 1.54) is 0 Å². The highest BCUT2D eigenvalue weighted by molar-refractivity contribution is 6.04. The number of carbonyl (C=O) groups is 1. The molecule has 4 heteroatoms. The maximum absolute atomic E-state index is 11.9. The Kier molecular flexibility index (Phi) is 3.50. The SMILES string of the molecule is NC(=O)C(Cc1cc2ccc3ncccc3c2[nH]1)c1ccccc1. The molecule has 2 heterocycles. The van der Waals surface area contributed by atoms with E-state index in [1.807, 2.05) is 54.6 Å². The molecule has 1 atom stereocenters. The monoisotopic (exact) mass is 315 g/mol. The first-order valence-corrected chi connectivity index (χ1v) is 7.92. The molecule has 3 N–H and O–H groups in total. The van der Waals surface area contributed by atoms with Gasteiger partial charge in [-0.1, -0.05) is 36.4 Å². The lowest BCUT2D eigenvalue weighted by Crippen LogP contribution is -2.23. The number of benzene rings is 2. The van der Waals surface area contributed by atoms with Crippen LogP contribution in [0.1, 0.15) is 17.2 Å². The minimum absolute atomic E-state index is 0.314. The van der Waals surface area contributed by atoms with Gasteiger partial charge in [-0.15, -0.1) is 0 Å². The third kappa shape index (κ3) is 2.52. The van der Waals surface area contributed by atoms with E-state index in [0.29, 0.717) is 6.42 Å². The molecule has 2 aromatic carbocycles. The number of H-pyrrole nitrogens is 1. The quantitative estimate of drug-likeness (QED) is 0.605. The predicted molar refractivity (Wildman–Crippen MR) is 95.7 cm³/mol. The van der Waals surface area contributed by atoms with Gasteiger partial charge in [0.2, 0.25) is 5.91 Å². The van der Waals surface area contributed by atoms with E-state index in [-0.39, 0.29) is 11.8 Å². The Bertz CT molecular complexity index is 1020. The van der Waals surface area contributed by atoms with Crippen molar-refractivity contribution in [3.8, 4) is 0 Å². The fourth-order valence-electron chi connectivity index (χ4n) is 3.21. The van der Waals surface area contributed by atoms with Crippen LogP contribution in [0.15, 0.2) is 66.9 Å². The van der Waals surface area contributed by atoms with Crippen molar-refractivity contribution >= 4 is 27.7 Å². The van der Waals surface area contributed by atoms with Gasteiger partial charge in [-0.05, 0) is 29.8 Å². The average Bonchev–Trinajstić information content (AvgIpc) is 3.03. The van der Waals surface area contributed by atoms with E-state index < -0.39 is 0 Å². The van der Waals surface area contributed by atoms with Gasteiger partial charge < -0.3 is 10.7 Å². The van der Waals surface area contributed by atoms with Crippen LogP contribution in [0.3, 0.4) is 0 Å². The molecule has 1 amide bonds. The molecule has 0 saturated carbocycles. The van der Waals surface area contributed by atoms with Crippen LogP contribution in [-0.2, 0) is 11.2 Å². The van der Waals surface area contributed by atoms with Gasteiger partial charge in [0, 0.05) is 29.1 Å². The van der Waals surface area contributed by atoms with E-state index in [4.69, 9.17) is 5.73 Å². The summed E-state index contributed by atoms with van der Waals surface area (Å²) in [6.45, 7) is 0. The summed E-state index contributed by atoms with van der Waals surface area (Å²) in [7, 11) is 0. The third-order valence-electron chi connectivity index (χ3n) is 4.40. The van der Waals surface area contributed by atoms with Gasteiger partial charge in [0.1, 0.15) is 0 Å². The Morgan fingerprint density at radius 2 is 1.92 bits per heavy atom. The normalized spacial score (nSPS) is 12.5. The Morgan fingerprint density at radius 3 is 2.71 bits per heavy atom. The Hall–Kier alpha value is -3.14. The van der Waals surface area contributed by atoms with Crippen molar-refractivity contribution in [1.29, 1.82) is 0 Å². The number of hydrogen-bond donors (Lipinski definition) is 2. The maximum atomic E-state index is 11.9. The van der Waals surface area contributed by atoms with Crippen molar-refractivity contribution in [2.45, 2.75) is 12.3 Å². The molecule has 0 radical (unpaired) electrons. The first-order valence-electron chi connectivity index (χ1n) is 7.92. The summed E-state index contributed by atoms with van der Waals surface area (Å²) in [5, 5.41) is 2.19. The minimum Gasteiger partial charge on any atom is -0.369 e. The second-order valence-corrected chi connectivity index (χ2v) is 5.96. The van der Waals surface area contributed by atoms with Crippen molar-refractivity contribution in [2.24, 2.45) is 5.73 Å². The number of aromatic amines is 1. The number of carbonyl (C=O) groups excluding carboxylic acids is 1. The van der Waals surface area contributed by atoms with Gasteiger partial charge in [0.05, 0.1) is 17.0 Å². The summed E-state index contributed by atoms with van der Waals surface area (Å²) in [4.78, 5) is 19.8. The molecule has 4 rings (SSSR count). The van der Waals surface area contributed by atoms with Crippen molar-refractivity contribution < 1.29 is 4.79 Å². The summed E-state index contributed by atoms with van der Waals surface area (Å²) in [6.07, 6.45) is 2.34. The number of hydrogen-bond acceptors (Lipinski definition) is 2. The van der Waals surface area contributed by atoms with Gasteiger partial charge in [0.25, 0.3) is 0 Å². The van der Waals surface area contributed by atoms with Crippen molar-refractivity contribution in [2.75, 3.05) is 0 Å². The number of nitrogens with two attached hydrogens (primary N) is 1. The molecule has 1 unspecified atom stereocenters. The van der Waals surface area contributed by atoms with Crippen molar-refractivity contribution in [3.05, 3.63) is 78.1 Å². The number of pyridine rings is 1. The minimum atomic E-state index is -0.344. The van der Waals surface area contributed by atoms with Crippen molar-refractivity contribution in [1.82, 2.24) is 9.97 Å². The summed E-state index contributed by atoms with van der Waals surface area (Å²) in [5.74, 6) is -0.657. The van der Waals surface area contributed by atoms with E-state index in [2.05, 4.69) is 16.0 Å². The van der Waals surface area contributed by atoms with Crippen molar-refractivity contribution in [3.63, 3.8) is 0 Å². The molecule has 4 aromatic rings. The van der Waals surface area contributed by atoms with Crippen LogP contribution in [0.5, 0.6) is 0 Å². The zero-order valence-electron chi connectivity index (χ0n) is 13.1. The van der Waals surface area contributed by atoms with E-state index in [9.17, 15) is 4.79 Å². The molecule has 118 valence electrons. The second-order valence-electron chi connectivity index (χ2n) is 5.96. The number of aromatic nitrogens is 2. The third-order valence-corrected chi connectivity index (χ3v) is 4.40. The molecule has 4 nitrogen and oxygen atoms in total. The van der Waals surface area contributed by atoms with Gasteiger partial charge in [0.15, 0.2) is 0 Å². The van der Waals surface area contributed by atoms with Crippen LogP contribution in [-0.4, -0.2) is 15.9 Å². The fraction of sp³-hybridized carbons (Fsp3) is 0.100. The highest BCUT2D eigenvalue weighted by Gasteiger charge is 2.19. The Labute approximate surface area is 139 Å². The second kappa shape index (κ2) is 5.81. The highest BCUT2D eigenvalue weighted by Crippen LogP contribution is 2.27. The highest BCUT2D eigenvalue weighted by atomic mass is 16.1. The number of nitrogens with zero attached hydrogens (tertiary/aromatic N) is 1. The number of nitrogens with one attached hydrogen (secondary N) is 1. The lowest BCUT2D eigenvalue weighted by molar-refractivity contribution is -0.119. The van der Waals surface area contributed by atoms with Crippen LogP contribution in [0.4, 0.5) is 0 Å². The molecule has 0 aliphatic carbocycles. The van der Waals surface area contributed by atoms with Crippen LogP contribution >= 0.6 is 0 Å². The predicted octanol–water partition coefficient (Wildman–Crippen LogP) is 3.53. The van der Waals surface area contributed by atoms with Crippen LogP contribution < -0.4 is 5.73 Å². The zero-order valence-corrected chi connectivity index (χ0v) is 13.1. The first-order chi connectivity index (χ1) is 11.7. The molecular weight excluding hydrogens is 298 g/mol.